The van der Waals surface area contributed by atoms with Gasteiger partial charge in [-0.2, -0.15) is 0 Å². The molecule has 0 aliphatic carbocycles. The smallest absolute Gasteiger partial charge is 0.235 e. The number of rotatable bonds is 4. The summed E-state index contributed by atoms with van der Waals surface area (Å²) in [5, 5.41) is 13.5. The predicted molar refractivity (Wildman–Crippen MR) is 113 cm³/mol. The third kappa shape index (κ3) is 3.61. The summed E-state index contributed by atoms with van der Waals surface area (Å²) in [6, 6.07) is 10.9. The van der Waals surface area contributed by atoms with Crippen molar-refractivity contribution in [3.63, 3.8) is 0 Å². The molecule has 0 radical (unpaired) electrons. The highest BCUT2D eigenvalue weighted by atomic mass is 35.5. The molecule has 2 N–H and O–H groups in total. The zero-order chi connectivity index (χ0) is 20.5. The Morgan fingerprint density at radius 1 is 1.24 bits per heavy atom. The number of carbonyl (C=O) groups is 1. The third-order valence-electron chi connectivity index (χ3n) is 4.58. The normalized spacial score (nSPS) is 16.0. The van der Waals surface area contributed by atoms with Gasteiger partial charge in [0.15, 0.2) is 17.3 Å². The first-order chi connectivity index (χ1) is 14.0. The van der Waals surface area contributed by atoms with Crippen molar-refractivity contribution in [2.75, 3.05) is 25.3 Å². The van der Waals surface area contributed by atoms with Crippen LogP contribution in [0.1, 0.15) is 16.5 Å². The van der Waals surface area contributed by atoms with Crippen LogP contribution in [0.2, 0.25) is 5.02 Å². The van der Waals surface area contributed by atoms with E-state index in [0.717, 1.165) is 16.9 Å². The van der Waals surface area contributed by atoms with Gasteiger partial charge in [-0.3, -0.25) is 9.36 Å². The number of halogens is 1. The lowest BCUT2D eigenvalue weighted by atomic mass is 10.1. The first-order valence-corrected chi connectivity index (χ1v) is 10.1. The number of aromatic nitrogens is 2. The van der Waals surface area contributed by atoms with Crippen molar-refractivity contribution in [3.8, 4) is 22.9 Å². The van der Waals surface area contributed by atoms with Crippen LogP contribution in [0.4, 0.5) is 5.82 Å². The van der Waals surface area contributed by atoms with E-state index in [-0.39, 0.29) is 22.7 Å². The van der Waals surface area contributed by atoms with Gasteiger partial charge < -0.3 is 19.9 Å². The standard InChI is InChI=1S/C20H18ClN3O4S/c1-27-14-6-11(7-15(28-2)18(14)26)19-17-20(23-16(25)9-29-19)22-10-24(17)13-5-3-4-12(21)8-13/h3-8,10,19,26H,9H2,1-2H3,(H,23,25). The van der Waals surface area contributed by atoms with Crippen molar-refractivity contribution in [1.29, 1.82) is 0 Å². The number of imidazole rings is 1. The van der Waals surface area contributed by atoms with E-state index in [2.05, 4.69) is 10.3 Å². The molecule has 0 bridgehead atoms. The molecule has 2 heterocycles. The van der Waals surface area contributed by atoms with Crippen LogP contribution in [0.15, 0.2) is 42.7 Å². The molecule has 1 aliphatic heterocycles. The molecule has 7 nitrogen and oxygen atoms in total. The van der Waals surface area contributed by atoms with Crippen LogP contribution in [0.5, 0.6) is 17.2 Å². The number of hydrogen-bond donors (Lipinski definition) is 2. The van der Waals surface area contributed by atoms with Crippen LogP contribution in [0.3, 0.4) is 0 Å². The minimum Gasteiger partial charge on any atom is -0.502 e. The molecule has 2 aromatic carbocycles. The first-order valence-electron chi connectivity index (χ1n) is 8.71. The van der Waals surface area contributed by atoms with Crippen molar-refractivity contribution in [2.24, 2.45) is 0 Å². The number of hydrogen-bond acceptors (Lipinski definition) is 6. The maximum Gasteiger partial charge on any atom is 0.235 e. The van der Waals surface area contributed by atoms with E-state index >= 15 is 0 Å². The number of carbonyl (C=O) groups excluding carboxylic acids is 1. The van der Waals surface area contributed by atoms with E-state index in [1.54, 1.807) is 24.5 Å². The Hall–Kier alpha value is -2.84. The molecule has 1 unspecified atom stereocenters. The lowest BCUT2D eigenvalue weighted by molar-refractivity contribution is -0.113. The number of nitrogens with one attached hydrogen (secondary N) is 1. The van der Waals surface area contributed by atoms with Crippen molar-refractivity contribution in [1.82, 2.24) is 9.55 Å². The topological polar surface area (TPSA) is 85.6 Å². The molecular formula is C20H18ClN3O4S. The second kappa shape index (κ2) is 7.88. The number of phenolic OH excluding ortho intramolecular Hbond substituents is 1. The molecule has 0 fully saturated rings. The Morgan fingerprint density at radius 3 is 2.62 bits per heavy atom. The first kappa shape index (κ1) is 19.5. The van der Waals surface area contributed by atoms with Crippen LogP contribution in [-0.4, -0.2) is 40.5 Å². The number of anilines is 1. The Kier molecular flexibility index (Phi) is 5.29. The Labute approximate surface area is 176 Å². The lowest BCUT2D eigenvalue weighted by Crippen LogP contribution is -2.12. The molecule has 150 valence electrons. The monoisotopic (exact) mass is 431 g/mol. The van der Waals surface area contributed by atoms with Crippen LogP contribution in [0.25, 0.3) is 5.69 Å². The molecule has 0 saturated heterocycles. The molecule has 1 aromatic heterocycles. The van der Waals surface area contributed by atoms with Gasteiger partial charge in [-0.1, -0.05) is 17.7 Å². The summed E-state index contributed by atoms with van der Waals surface area (Å²) in [7, 11) is 2.95. The second-order valence-electron chi connectivity index (χ2n) is 6.34. The lowest BCUT2D eigenvalue weighted by Gasteiger charge is -2.20. The fourth-order valence-corrected chi connectivity index (χ4v) is 4.55. The molecule has 0 spiro atoms. The van der Waals surface area contributed by atoms with E-state index in [1.165, 1.54) is 26.0 Å². The van der Waals surface area contributed by atoms with Crippen molar-refractivity contribution in [2.45, 2.75) is 5.25 Å². The highest BCUT2D eigenvalue weighted by Crippen LogP contribution is 2.47. The minimum atomic E-state index is -0.270. The van der Waals surface area contributed by atoms with Crippen molar-refractivity contribution < 1.29 is 19.4 Å². The zero-order valence-electron chi connectivity index (χ0n) is 15.7. The summed E-state index contributed by atoms with van der Waals surface area (Å²) in [6.07, 6.45) is 1.66. The maximum atomic E-state index is 12.2. The minimum absolute atomic E-state index is 0.0739. The molecule has 29 heavy (non-hydrogen) atoms. The van der Waals surface area contributed by atoms with Crippen LogP contribution in [0, 0.1) is 0 Å². The van der Waals surface area contributed by atoms with Crippen molar-refractivity contribution >= 4 is 35.1 Å². The number of nitrogens with zero attached hydrogens (tertiary/aromatic N) is 2. The maximum absolute atomic E-state index is 12.2. The number of benzene rings is 2. The molecule has 1 atom stereocenters. The van der Waals surface area contributed by atoms with E-state index in [4.69, 9.17) is 21.1 Å². The quantitative estimate of drug-likeness (QED) is 0.648. The summed E-state index contributed by atoms with van der Waals surface area (Å²) in [4.78, 5) is 16.6. The van der Waals surface area contributed by atoms with Gasteiger partial charge in [0.1, 0.15) is 6.33 Å². The van der Waals surface area contributed by atoms with Gasteiger partial charge >= 0.3 is 0 Å². The van der Waals surface area contributed by atoms with Gasteiger partial charge in [-0.05, 0) is 35.9 Å². The Bertz CT molecular complexity index is 1060. The number of fused-ring (bicyclic) bond motifs is 1. The number of methoxy groups -OCH3 is 2. The highest BCUT2D eigenvalue weighted by molar-refractivity contribution is 8.00. The number of phenols is 1. The van der Waals surface area contributed by atoms with Gasteiger partial charge in [-0.25, -0.2) is 4.98 Å². The molecule has 1 amide bonds. The molecule has 0 saturated carbocycles. The number of thioether (sulfide) groups is 1. The van der Waals surface area contributed by atoms with E-state index in [9.17, 15) is 9.90 Å². The van der Waals surface area contributed by atoms with E-state index in [0.29, 0.717) is 22.3 Å². The predicted octanol–water partition coefficient (Wildman–Crippen LogP) is 4.02. The van der Waals surface area contributed by atoms with Gasteiger partial charge in [-0.15, -0.1) is 11.8 Å². The van der Waals surface area contributed by atoms with E-state index < -0.39 is 0 Å². The summed E-state index contributed by atoms with van der Waals surface area (Å²) < 4.78 is 12.5. The van der Waals surface area contributed by atoms with Crippen LogP contribution < -0.4 is 14.8 Å². The summed E-state index contributed by atoms with van der Waals surface area (Å²) in [5.41, 5.74) is 2.42. The third-order valence-corrected chi connectivity index (χ3v) is 6.08. The van der Waals surface area contributed by atoms with Gasteiger partial charge in [0.25, 0.3) is 0 Å². The average Bonchev–Trinajstić information content (AvgIpc) is 3.04. The van der Waals surface area contributed by atoms with Gasteiger partial charge in [0, 0.05) is 10.7 Å². The molecule has 1 aliphatic rings. The van der Waals surface area contributed by atoms with E-state index in [1.807, 2.05) is 22.8 Å². The molecular weight excluding hydrogens is 414 g/mol. The van der Waals surface area contributed by atoms with Crippen molar-refractivity contribution in [3.05, 3.63) is 59.0 Å². The van der Waals surface area contributed by atoms with Gasteiger partial charge in [0.05, 0.1) is 30.9 Å². The summed E-state index contributed by atoms with van der Waals surface area (Å²) in [5.74, 6) is 1.11. The average molecular weight is 432 g/mol. The molecule has 9 heteroatoms. The number of amides is 1. The second-order valence-corrected chi connectivity index (χ2v) is 7.87. The van der Waals surface area contributed by atoms with Crippen LogP contribution in [-0.2, 0) is 4.79 Å². The number of aromatic hydroxyl groups is 1. The fraction of sp³-hybridized carbons (Fsp3) is 0.200. The largest absolute Gasteiger partial charge is 0.502 e. The Morgan fingerprint density at radius 2 is 1.97 bits per heavy atom. The summed E-state index contributed by atoms with van der Waals surface area (Å²) >= 11 is 7.63. The SMILES string of the molecule is COc1cc(C2SCC(=O)Nc3ncn(-c4cccc(Cl)c4)c32)cc(OC)c1O. The van der Waals surface area contributed by atoms with Crippen LogP contribution >= 0.6 is 23.4 Å². The molecule has 3 aromatic rings. The molecule has 4 rings (SSSR count). The Balaban J connectivity index is 1.91. The fourth-order valence-electron chi connectivity index (χ4n) is 3.26. The summed E-state index contributed by atoms with van der Waals surface area (Å²) in [6.45, 7) is 0. The zero-order valence-corrected chi connectivity index (χ0v) is 17.3. The number of ether oxygens (including phenoxy) is 2. The highest BCUT2D eigenvalue weighted by Gasteiger charge is 2.30. The van der Waals surface area contributed by atoms with Gasteiger partial charge in [0.2, 0.25) is 11.7 Å².